The Morgan fingerprint density at radius 2 is 1.83 bits per heavy atom. The number of benzene rings is 2. The second kappa shape index (κ2) is 6.85. The van der Waals surface area contributed by atoms with Gasteiger partial charge < -0.3 is 10.1 Å². The van der Waals surface area contributed by atoms with E-state index in [0.29, 0.717) is 0 Å². The van der Waals surface area contributed by atoms with E-state index < -0.39 is 6.09 Å². The minimum Gasteiger partial charge on any atom is -0.453 e. The van der Waals surface area contributed by atoms with E-state index in [1.54, 1.807) is 0 Å². The van der Waals surface area contributed by atoms with E-state index in [0.717, 1.165) is 16.7 Å². The zero-order valence-corrected chi connectivity index (χ0v) is 12.8. The van der Waals surface area contributed by atoms with Crippen molar-refractivity contribution in [3.05, 3.63) is 77.4 Å². The van der Waals surface area contributed by atoms with Crippen molar-refractivity contribution in [3.63, 3.8) is 0 Å². The lowest BCUT2D eigenvalue weighted by Crippen LogP contribution is -2.34. The van der Waals surface area contributed by atoms with Gasteiger partial charge in [0.05, 0.1) is 19.1 Å². The third kappa shape index (κ3) is 3.44. The number of rotatable bonds is 1. The average Bonchev–Trinajstić information content (AvgIpc) is 2.61. The summed E-state index contributed by atoms with van der Waals surface area (Å²) < 4.78 is 4.76. The van der Waals surface area contributed by atoms with Crippen molar-refractivity contribution in [2.45, 2.75) is 6.04 Å². The van der Waals surface area contributed by atoms with Crippen molar-refractivity contribution in [1.29, 1.82) is 0 Å². The van der Waals surface area contributed by atoms with Crippen LogP contribution in [-0.2, 0) is 4.74 Å². The smallest absolute Gasteiger partial charge is 0.407 e. The largest absolute Gasteiger partial charge is 0.453 e. The Labute approximate surface area is 136 Å². The maximum atomic E-state index is 11.7. The van der Waals surface area contributed by atoms with Crippen LogP contribution in [0.2, 0.25) is 0 Å². The molecule has 0 unspecified atom stereocenters. The average molecular weight is 303 g/mol. The molecule has 3 rings (SSSR count). The number of methoxy groups -OCH3 is 1. The van der Waals surface area contributed by atoms with Gasteiger partial charge in [-0.25, -0.2) is 4.79 Å². The Kier molecular flexibility index (Phi) is 4.44. The van der Waals surface area contributed by atoms with Gasteiger partial charge in [-0.1, -0.05) is 66.5 Å². The summed E-state index contributed by atoms with van der Waals surface area (Å²) in [5.41, 5.74) is 3.09. The van der Waals surface area contributed by atoms with Crippen LogP contribution < -0.4 is 5.32 Å². The van der Waals surface area contributed by atoms with Crippen LogP contribution in [0.25, 0.3) is 6.08 Å². The molecule has 0 saturated carbocycles. The van der Waals surface area contributed by atoms with Crippen molar-refractivity contribution >= 4 is 12.2 Å². The molecule has 0 spiro atoms. The van der Waals surface area contributed by atoms with E-state index in [9.17, 15) is 4.79 Å². The first-order valence-corrected chi connectivity index (χ1v) is 7.46. The molecule has 0 saturated heterocycles. The lowest BCUT2D eigenvalue weighted by atomic mass is 9.85. The summed E-state index contributed by atoms with van der Waals surface area (Å²) in [6.07, 6.45) is 3.63. The van der Waals surface area contributed by atoms with Crippen molar-refractivity contribution in [1.82, 2.24) is 5.32 Å². The van der Waals surface area contributed by atoms with E-state index in [-0.39, 0.29) is 12.0 Å². The van der Waals surface area contributed by atoms with Crippen LogP contribution in [0.4, 0.5) is 4.79 Å². The first-order valence-electron chi connectivity index (χ1n) is 7.46. The highest BCUT2D eigenvalue weighted by Gasteiger charge is 2.26. The third-order valence-electron chi connectivity index (χ3n) is 3.79. The molecular weight excluding hydrogens is 286 g/mol. The molecule has 1 aliphatic carbocycles. The van der Waals surface area contributed by atoms with Crippen molar-refractivity contribution in [2.75, 3.05) is 7.11 Å². The Morgan fingerprint density at radius 1 is 1.09 bits per heavy atom. The van der Waals surface area contributed by atoms with Gasteiger partial charge in [-0.05, 0) is 23.3 Å². The lowest BCUT2D eigenvalue weighted by Gasteiger charge is -2.27. The number of alkyl carbamates (subject to hydrolysis) is 1. The lowest BCUT2D eigenvalue weighted by molar-refractivity contribution is 0.165. The molecule has 0 aliphatic heterocycles. The molecule has 3 heteroatoms. The predicted octanol–water partition coefficient (Wildman–Crippen LogP) is 3.78. The number of fused-ring (bicyclic) bond motifs is 1. The van der Waals surface area contributed by atoms with Gasteiger partial charge >= 0.3 is 6.09 Å². The van der Waals surface area contributed by atoms with Gasteiger partial charge in [-0.3, -0.25) is 0 Å². The maximum absolute atomic E-state index is 11.7. The summed E-state index contributed by atoms with van der Waals surface area (Å²) in [6.45, 7) is 0. The van der Waals surface area contributed by atoms with Crippen LogP contribution in [0, 0.1) is 17.8 Å². The van der Waals surface area contributed by atoms with Gasteiger partial charge in [-0.2, -0.15) is 0 Å². The molecule has 0 heterocycles. The van der Waals surface area contributed by atoms with Crippen LogP contribution in [0.1, 0.15) is 22.7 Å². The van der Waals surface area contributed by atoms with Gasteiger partial charge in [0, 0.05) is 5.56 Å². The highest BCUT2D eigenvalue weighted by Crippen LogP contribution is 2.32. The number of ether oxygens (including phenoxy) is 1. The Bertz CT molecular complexity index is 784. The third-order valence-corrected chi connectivity index (χ3v) is 3.79. The maximum Gasteiger partial charge on any atom is 0.407 e. The SMILES string of the molecule is COC(=O)N[C@@H]1c2ccccc2C=C[C@@H]1C#Cc1ccccc1. The minimum absolute atomic E-state index is 0.107. The minimum atomic E-state index is -0.452. The Balaban J connectivity index is 1.93. The van der Waals surface area contributed by atoms with E-state index in [4.69, 9.17) is 4.74 Å². The second-order valence-electron chi connectivity index (χ2n) is 5.26. The Morgan fingerprint density at radius 3 is 2.61 bits per heavy atom. The number of amides is 1. The molecule has 23 heavy (non-hydrogen) atoms. The molecule has 0 fully saturated rings. The highest BCUT2D eigenvalue weighted by molar-refractivity contribution is 5.70. The molecule has 2 aromatic carbocycles. The molecule has 2 aromatic rings. The van der Waals surface area contributed by atoms with Gasteiger partial charge in [0.2, 0.25) is 0 Å². The first kappa shape index (κ1) is 14.9. The van der Waals surface area contributed by atoms with E-state index in [1.807, 2.05) is 60.7 Å². The Hall–Kier alpha value is -2.99. The second-order valence-corrected chi connectivity index (χ2v) is 5.26. The highest BCUT2D eigenvalue weighted by atomic mass is 16.5. The fraction of sp³-hybridized carbons (Fsp3) is 0.150. The first-order chi connectivity index (χ1) is 11.3. The summed E-state index contributed by atoms with van der Waals surface area (Å²) in [7, 11) is 1.37. The fourth-order valence-corrected chi connectivity index (χ4v) is 2.63. The quantitative estimate of drug-likeness (QED) is 0.814. The molecule has 2 atom stereocenters. The number of carbonyl (C=O) groups is 1. The summed E-state index contributed by atoms with van der Waals surface area (Å²) in [4.78, 5) is 11.7. The summed E-state index contributed by atoms with van der Waals surface area (Å²) in [6, 6.07) is 17.6. The van der Waals surface area contributed by atoms with Crippen LogP contribution in [-0.4, -0.2) is 13.2 Å². The zero-order chi connectivity index (χ0) is 16.1. The molecular formula is C20H17NO2. The molecule has 0 aromatic heterocycles. The number of hydrogen-bond donors (Lipinski definition) is 1. The molecule has 0 radical (unpaired) electrons. The van der Waals surface area contributed by atoms with Crippen molar-refractivity contribution < 1.29 is 9.53 Å². The van der Waals surface area contributed by atoms with Crippen molar-refractivity contribution in [3.8, 4) is 11.8 Å². The summed E-state index contributed by atoms with van der Waals surface area (Å²) in [5.74, 6) is 6.32. The van der Waals surface area contributed by atoms with Crippen LogP contribution >= 0.6 is 0 Å². The topological polar surface area (TPSA) is 38.3 Å². The summed E-state index contributed by atoms with van der Waals surface area (Å²) >= 11 is 0. The molecule has 114 valence electrons. The van der Waals surface area contributed by atoms with Gasteiger partial charge in [-0.15, -0.1) is 0 Å². The van der Waals surface area contributed by atoms with Crippen molar-refractivity contribution in [2.24, 2.45) is 5.92 Å². The molecule has 0 bridgehead atoms. The van der Waals surface area contributed by atoms with Crippen LogP contribution in [0.3, 0.4) is 0 Å². The molecule has 1 aliphatic rings. The zero-order valence-electron chi connectivity index (χ0n) is 12.8. The normalized spacial score (nSPS) is 18.3. The molecule has 3 nitrogen and oxygen atoms in total. The van der Waals surface area contributed by atoms with Gasteiger partial charge in [0.15, 0.2) is 0 Å². The summed E-state index contributed by atoms with van der Waals surface area (Å²) in [5, 5.41) is 2.90. The molecule has 1 amide bonds. The van der Waals surface area contributed by atoms with Crippen LogP contribution in [0.5, 0.6) is 0 Å². The van der Waals surface area contributed by atoms with E-state index in [2.05, 4.69) is 23.2 Å². The number of nitrogens with one attached hydrogen (secondary N) is 1. The van der Waals surface area contributed by atoms with Crippen LogP contribution in [0.15, 0.2) is 60.7 Å². The number of carbonyl (C=O) groups excluding carboxylic acids is 1. The number of hydrogen-bond acceptors (Lipinski definition) is 2. The van der Waals surface area contributed by atoms with Gasteiger partial charge in [0.25, 0.3) is 0 Å². The molecule has 1 N–H and O–H groups in total. The van der Waals surface area contributed by atoms with Gasteiger partial charge in [0.1, 0.15) is 0 Å². The van der Waals surface area contributed by atoms with E-state index >= 15 is 0 Å². The monoisotopic (exact) mass is 303 g/mol. The predicted molar refractivity (Wildman–Crippen MR) is 90.6 cm³/mol. The fourth-order valence-electron chi connectivity index (χ4n) is 2.63. The van der Waals surface area contributed by atoms with E-state index in [1.165, 1.54) is 7.11 Å². The standard InChI is InChI=1S/C20H17NO2/c1-23-20(22)21-19-17(12-11-15-7-3-2-4-8-15)14-13-16-9-5-6-10-18(16)19/h2-10,13-14,17,19H,1H3,(H,21,22)/t17-,19-/m0/s1.